The molecule has 2 aromatic rings. The number of anilines is 1. The molecule has 0 aromatic heterocycles. The summed E-state index contributed by atoms with van der Waals surface area (Å²) in [5.41, 5.74) is 0.530. The van der Waals surface area contributed by atoms with Gasteiger partial charge in [-0.2, -0.15) is 0 Å². The van der Waals surface area contributed by atoms with Gasteiger partial charge in [0.05, 0.1) is 15.7 Å². The second-order valence-electron chi connectivity index (χ2n) is 5.52. The Morgan fingerprint density at radius 1 is 1.19 bits per heavy atom. The number of carbonyl (C=O) groups is 3. The van der Waals surface area contributed by atoms with E-state index in [0.29, 0.717) is 10.0 Å². The fourth-order valence-corrected chi connectivity index (χ4v) is 3.13. The summed E-state index contributed by atoms with van der Waals surface area (Å²) in [4.78, 5) is 37.4. The average molecular weight is 447 g/mol. The van der Waals surface area contributed by atoms with Crippen molar-refractivity contribution in [1.29, 1.82) is 0 Å². The van der Waals surface area contributed by atoms with Crippen LogP contribution in [0.5, 0.6) is 5.75 Å². The largest absolute Gasteiger partial charge is 0.507 e. The van der Waals surface area contributed by atoms with E-state index >= 15 is 0 Å². The molecule has 1 fully saturated rings. The van der Waals surface area contributed by atoms with Crippen molar-refractivity contribution in [1.82, 2.24) is 5.32 Å². The molecule has 136 valence electrons. The molecule has 1 heterocycles. The zero-order valence-electron chi connectivity index (χ0n) is 13.5. The summed E-state index contributed by atoms with van der Waals surface area (Å²) in [6.45, 7) is 0. The van der Waals surface area contributed by atoms with Crippen molar-refractivity contribution in [3.05, 3.63) is 63.6 Å². The van der Waals surface area contributed by atoms with Gasteiger partial charge in [0.15, 0.2) is 5.11 Å². The Kier molecular flexibility index (Phi) is 5.06. The van der Waals surface area contributed by atoms with Gasteiger partial charge in [0.25, 0.3) is 11.8 Å². The van der Waals surface area contributed by atoms with Gasteiger partial charge in [-0.25, -0.2) is 4.79 Å². The van der Waals surface area contributed by atoms with Crippen LogP contribution < -0.4 is 10.2 Å². The molecule has 9 heteroatoms. The Bertz CT molecular complexity index is 1030. The highest BCUT2D eigenvalue weighted by Crippen LogP contribution is 2.27. The van der Waals surface area contributed by atoms with Crippen LogP contribution in [0, 0.1) is 0 Å². The lowest BCUT2D eigenvalue weighted by Gasteiger charge is -2.29. The first-order valence-corrected chi connectivity index (χ1v) is 8.71. The number of amides is 2. The molecule has 3 rings (SSSR count). The zero-order chi connectivity index (χ0) is 19.7. The van der Waals surface area contributed by atoms with Gasteiger partial charge in [0.2, 0.25) is 0 Å². The van der Waals surface area contributed by atoms with Gasteiger partial charge in [0.1, 0.15) is 11.3 Å². The van der Waals surface area contributed by atoms with Gasteiger partial charge in [-0.15, -0.1) is 0 Å². The minimum atomic E-state index is -1.15. The molecule has 2 amide bonds. The quantitative estimate of drug-likeness (QED) is 0.380. The number of thiocarbonyl (C=S) groups is 1. The molecule has 1 aliphatic rings. The van der Waals surface area contributed by atoms with Gasteiger partial charge in [0, 0.05) is 0 Å². The number of carboxylic acids is 1. The number of benzene rings is 2. The third-order valence-corrected chi connectivity index (χ3v) is 4.66. The van der Waals surface area contributed by atoms with E-state index in [1.54, 1.807) is 6.07 Å². The van der Waals surface area contributed by atoms with Crippen molar-refractivity contribution < 1.29 is 24.6 Å². The molecule has 0 saturated carbocycles. The lowest BCUT2D eigenvalue weighted by atomic mass is 10.1. The first-order chi connectivity index (χ1) is 12.8. The van der Waals surface area contributed by atoms with E-state index in [-0.39, 0.29) is 27.7 Å². The Hall–Kier alpha value is -3.04. The van der Waals surface area contributed by atoms with E-state index in [9.17, 15) is 19.5 Å². The van der Waals surface area contributed by atoms with Crippen molar-refractivity contribution >= 4 is 62.8 Å². The number of phenolic OH excluding ortho intramolecular Hbond substituents is 1. The molecular formula is C18H11BrN2O5S. The standard InChI is InChI=1S/C18H11BrN2O5S/c19-13-7-9(4-5-14(13)22)6-12-15(23)20-18(27)21(16(12)24)11-3-1-2-10(8-11)17(25)26/h1-8,22H,(H,25,26)(H,20,23,27). The van der Waals surface area contributed by atoms with Crippen molar-refractivity contribution in [2.75, 3.05) is 4.90 Å². The number of phenols is 1. The van der Waals surface area contributed by atoms with Crippen LogP contribution in [-0.4, -0.2) is 33.1 Å². The van der Waals surface area contributed by atoms with Gasteiger partial charge >= 0.3 is 5.97 Å². The summed E-state index contributed by atoms with van der Waals surface area (Å²) in [6, 6.07) is 10.2. The van der Waals surface area contributed by atoms with E-state index in [1.807, 2.05) is 0 Å². The normalized spacial score (nSPS) is 15.8. The van der Waals surface area contributed by atoms with Crippen molar-refractivity contribution in [3.8, 4) is 5.75 Å². The molecule has 0 bridgehead atoms. The van der Waals surface area contributed by atoms with E-state index in [1.165, 1.54) is 42.5 Å². The number of hydrogen-bond acceptors (Lipinski definition) is 5. The third-order valence-electron chi connectivity index (χ3n) is 3.74. The van der Waals surface area contributed by atoms with Gasteiger partial charge < -0.3 is 10.2 Å². The van der Waals surface area contributed by atoms with E-state index in [2.05, 4.69) is 21.2 Å². The zero-order valence-corrected chi connectivity index (χ0v) is 15.9. The van der Waals surface area contributed by atoms with E-state index < -0.39 is 17.8 Å². The molecule has 7 nitrogen and oxygen atoms in total. The van der Waals surface area contributed by atoms with Crippen molar-refractivity contribution in [2.24, 2.45) is 0 Å². The number of carbonyl (C=O) groups excluding carboxylic acids is 2. The number of nitrogens with one attached hydrogen (secondary N) is 1. The highest BCUT2D eigenvalue weighted by atomic mass is 79.9. The topological polar surface area (TPSA) is 107 Å². The maximum Gasteiger partial charge on any atom is 0.335 e. The second kappa shape index (κ2) is 7.29. The summed E-state index contributed by atoms with van der Waals surface area (Å²) in [6.07, 6.45) is 1.36. The number of hydrogen-bond donors (Lipinski definition) is 3. The average Bonchev–Trinajstić information content (AvgIpc) is 2.61. The molecule has 0 spiro atoms. The summed E-state index contributed by atoms with van der Waals surface area (Å²) >= 11 is 8.25. The number of carboxylic acid groups (broad SMARTS) is 1. The van der Waals surface area contributed by atoms with Crippen LogP contribution >= 0.6 is 28.1 Å². The fraction of sp³-hybridized carbons (Fsp3) is 0. The van der Waals surface area contributed by atoms with E-state index in [0.717, 1.165) is 4.90 Å². The highest BCUT2D eigenvalue weighted by molar-refractivity contribution is 9.10. The SMILES string of the molecule is O=C1NC(=S)N(c2cccc(C(=O)O)c2)C(=O)C1=Cc1ccc(O)c(Br)c1. The Labute approximate surface area is 167 Å². The summed E-state index contributed by atoms with van der Waals surface area (Å²) in [7, 11) is 0. The van der Waals surface area contributed by atoms with Gasteiger partial charge in [-0.05, 0) is 70.1 Å². The number of nitrogens with zero attached hydrogens (tertiary/aromatic N) is 1. The van der Waals surface area contributed by atoms with Crippen LogP contribution in [0.4, 0.5) is 5.69 Å². The number of rotatable bonds is 3. The smallest absolute Gasteiger partial charge is 0.335 e. The van der Waals surface area contributed by atoms with Crippen LogP contribution in [0.15, 0.2) is 52.5 Å². The molecule has 27 heavy (non-hydrogen) atoms. The molecule has 0 unspecified atom stereocenters. The molecule has 0 atom stereocenters. The first-order valence-electron chi connectivity index (χ1n) is 7.51. The van der Waals surface area contributed by atoms with E-state index in [4.69, 9.17) is 17.3 Å². The monoisotopic (exact) mass is 446 g/mol. The van der Waals surface area contributed by atoms with Crippen LogP contribution in [-0.2, 0) is 9.59 Å². The van der Waals surface area contributed by atoms with Gasteiger partial charge in [-0.3, -0.25) is 19.8 Å². The molecule has 3 N–H and O–H groups in total. The lowest BCUT2D eigenvalue weighted by Crippen LogP contribution is -2.54. The maximum atomic E-state index is 12.9. The third kappa shape index (κ3) is 3.74. The minimum absolute atomic E-state index is 0.0184. The second-order valence-corrected chi connectivity index (χ2v) is 6.77. The number of aromatic carboxylic acids is 1. The van der Waals surface area contributed by atoms with Gasteiger partial charge in [-0.1, -0.05) is 12.1 Å². The van der Waals surface area contributed by atoms with Crippen molar-refractivity contribution in [3.63, 3.8) is 0 Å². The molecule has 0 radical (unpaired) electrons. The Balaban J connectivity index is 2.03. The fourth-order valence-electron chi connectivity index (χ4n) is 2.45. The molecule has 1 saturated heterocycles. The van der Waals surface area contributed by atoms with Crippen molar-refractivity contribution in [2.45, 2.75) is 0 Å². The first kappa shape index (κ1) is 18.7. The number of halogens is 1. The van der Waals surface area contributed by atoms with Crippen LogP contribution in [0.3, 0.4) is 0 Å². The van der Waals surface area contributed by atoms with Crippen LogP contribution in [0.2, 0.25) is 0 Å². The predicted molar refractivity (Wildman–Crippen MR) is 105 cm³/mol. The number of aromatic hydroxyl groups is 1. The summed E-state index contributed by atoms with van der Waals surface area (Å²) in [5, 5.41) is 21.0. The summed E-state index contributed by atoms with van der Waals surface area (Å²) in [5.74, 6) is -2.49. The molecule has 2 aromatic carbocycles. The Morgan fingerprint density at radius 2 is 1.93 bits per heavy atom. The molecule has 1 aliphatic heterocycles. The summed E-state index contributed by atoms with van der Waals surface area (Å²) < 4.78 is 0.405. The Morgan fingerprint density at radius 3 is 2.59 bits per heavy atom. The maximum absolute atomic E-state index is 12.9. The minimum Gasteiger partial charge on any atom is -0.507 e. The molecular weight excluding hydrogens is 436 g/mol. The van der Waals surface area contributed by atoms with Crippen LogP contribution in [0.25, 0.3) is 6.08 Å². The predicted octanol–water partition coefficient (Wildman–Crippen LogP) is 2.68. The molecule has 0 aliphatic carbocycles. The highest BCUT2D eigenvalue weighted by Gasteiger charge is 2.34. The van der Waals surface area contributed by atoms with Crippen LogP contribution in [0.1, 0.15) is 15.9 Å². The lowest BCUT2D eigenvalue weighted by molar-refractivity contribution is -0.122.